The lowest BCUT2D eigenvalue weighted by Gasteiger charge is -2.27. The molecule has 0 aliphatic heterocycles. The van der Waals surface area contributed by atoms with Crippen LogP contribution in [0.3, 0.4) is 0 Å². The van der Waals surface area contributed by atoms with Crippen LogP contribution >= 0.6 is 0 Å². The number of halogens is 3. The van der Waals surface area contributed by atoms with Crippen LogP contribution in [0.15, 0.2) is 18.2 Å². The molecule has 1 aliphatic carbocycles. The summed E-state index contributed by atoms with van der Waals surface area (Å²) in [5.74, 6) is 0.243. The van der Waals surface area contributed by atoms with Gasteiger partial charge in [-0.05, 0) is 37.5 Å². The number of nitrogen functional groups attached to an aromatic ring is 1. The van der Waals surface area contributed by atoms with Crippen LogP contribution in [-0.4, -0.2) is 17.3 Å². The molecule has 0 aromatic heterocycles. The molecular weight excluding hydrogens is 259 g/mol. The van der Waals surface area contributed by atoms with Crippen molar-refractivity contribution in [3.05, 3.63) is 23.8 Å². The number of aliphatic hydroxyl groups excluding tert-OH is 1. The maximum absolute atomic E-state index is 12.5. The van der Waals surface area contributed by atoms with Gasteiger partial charge in [0.25, 0.3) is 0 Å². The van der Waals surface area contributed by atoms with Gasteiger partial charge in [0.2, 0.25) is 0 Å². The van der Waals surface area contributed by atoms with Crippen LogP contribution in [0, 0.1) is 0 Å². The molecule has 19 heavy (non-hydrogen) atoms. The summed E-state index contributed by atoms with van der Waals surface area (Å²) < 4.78 is 43.0. The van der Waals surface area contributed by atoms with Gasteiger partial charge in [0.15, 0.2) is 0 Å². The van der Waals surface area contributed by atoms with E-state index in [1.54, 1.807) is 0 Å². The molecule has 6 heteroatoms. The van der Waals surface area contributed by atoms with Gasteiger partial charge in [0.05, 0.1) is 17.4 Å². The first-order chi connectivity index (χ1) is 8.86. The van der Waals surface area contributed by atoms with Crippen molar-refractivity contribution < 1.29 is 23.0 Å². The second kappa shape index (κ2) is 5.28. The smallest absolute Gasteiger partial charge is 0.416 e. The van der Waals surface area contributed by atoms with Crippen LogP contribution in [0.2, 0.25) is 0 Å². The third kappa shape index (κ3) is 3.53. The van der Waals surface area contributed by atoms with Gasteiger partial charge in [-0.15, -0.1) is 0 Å². The number of hydrogen-bond donors (Lipinski definition) is 2. The summed E-state index contributed by atoms with van der Waals surface area (Å²) in [6.45, 7) is 0. The van der Waals surface area contributed by atoms with Crippen molar-refractivity contribution in [2.75, 3.05) is 5.73 Å². The van der Waals surface area contributed by atoms with Crippen LogP contribution in [0.4, 0.5) is 18.9 Å². The second-order valence-corrected chi connectivity index (χ2v) is 4.81. The van der Waals surface area contributed by atoms with Crippen molar-refractivity contribution in [3.63, 3.8) is 0 Å². The highest BCUT2D eigenvalue weighted by Crippen LogP contribution is 2.35. The molecular formula is C13H16F3NO2. The summed E-state index contributed by atoms with van der Waals surface area (Å²) in [7, 11) is 0. The summed E-state index contributed by atoms with van der Waals surface area (Å²) >= 11 is 0. The first-order valence-electron chi connectivity index (χ1n) is 6.17. The monoisotopic (exact) mass is 275 g/mol. The zero-order valence-corrected chi connectivity index (χ0v) is 10.3. The third-order valence-corrected chi connectivity index (χ3v) is 3.23. The maximum atomic E-state index is 12.5. The van der Waals surface area contributed by atoms with Gasteiger partial charge in [-0.25, -0.2) is 0 Å². The highest BCUT2D eigenvalue weighted by molar-refractivity contribution is 5.54. The molecule has 2 rings (SSSR count). The molecule has 3 N–H and O–H groups in total. The molecule has 0 bridgehead atoms. The molecule has 0 saturated heterocycles. The molecule has 1 aromatic carbocycles. The molecule has 2 atom stereocenters. The van der Waals surface area contributed by atoms with Crippen LogP contribution < -0.4 is 10.5 Å². The molecule has 106 valence electrons. The number of hydrogen-bond acceptors (Lipinski definition) is 3. The molecule has 1 fully saturated rings. The van der Waals surface area contributed by atoms with Gasteiger partial charge in [-0.3, -0.25) is 0 Å². The number of benzene rings is 1. The Balaban J connectivity index is 2.09. The Kier molecular flexibility index (Phi) is 3.89. The summed E-state index contributed by atoms with van der Waals surface area (Å²) in [6, 6.07) is 3.05. The van der Waals surface area contributed by atoms with Crippen LogP contribution in [-0.2, 0) is 6.18 Å². The maximum Gasteiger partial charge on any atom is 0.416 e. The Morgan fingerprint density at radius 2 is 2.00 bits per heavy atom. The lowest BCUT2D eigenvalue weighted by Crippen LogP contribution is -2.28. The van der Waals surface area contributed by atoms with Gasteiger partial charge < -0.3 is 15.6 Å². The SMILES string of the molecule is Nc1cc(C(F)(F)F)ccc1OC1CCCC(O)C1. The minimum atomic E-state index is -4.41. The average molecular weight is 275 g/mol. The van der Waals surface area contributed by atoms with E-state index >= 15 is 0 Å². The van der Waals surface area contributed by atoms with E-state index in [0.29, 0.717) is 6.42 Å². The van der Waals surface area contributed by atoms with Crippen molar-refractivity contribution in [2.45, 2.75) is 44.1 Å². The van der Waals surface area contributed by atoms with Crippen molar-refractivity contribution in [1.29, 1.82) is 0 Å². The van der Waals surface area contributed by atoms with Crippen molar-refractivity contribution in [3.8, 4) is 5.75 Å². The zero-order chi connectivity index (χ0) is 14.0. The number of aliphatic hydroxyl groups is 1. The Labute approximate surface area is 109 Å². The number of anilines is 1. The number of ether oxygens (including phenoxy) is 1. The van der Waals surface area contributed by atoms with Crippen LogP contribution in [0.1, 0.15) is 31.2 Å². The van der Waals surface area contributed by atoms with Gasteiger partial charge >= 0.3 is 6.18 Å². The van der Waals surface area contributed by atoms with E-state index in [-0.39, 0.29) is 17.5 Å². The molecule has 1 aliphatic rings. The average Bonchev–Trinajstić information content (AvgIpc) is 2.30. The number of rotatable bonds is 2. The van der Waals surface area contributed by atoms with Gasteiger partial charge in [0, 0.05) is 6.42 Å². The van der Waals surface area contributed by atoms with Crippen molar-refractivity contribution in [1.82, 2.24) is 0 Å². The highest BCUT2D eigenvalue weighted by Gasteiger charge is 2.31. The zero-order valence-electron chi connectivity index (χ0n) is 10.3. The Bertz CT molecular complexity index is 448. The molecule has 0 heterocycles. The fourth-order valence-electron chi connectivity index (χ4n) is 2.24. The second-order valence-electron chi connectivity index (χ2n) is 4.81. The lowest BCUT2D eigenvalue weighted by atomic mass is 9.95. The summed E-state index contributed by atoms with van der Waals surface area (Å²) in [6.07, 6.45) is -2.17. The minimum absolute atomic E-state index is 0.0325. The topological polar surface area (TPSA) is 55.5 Å². The Morgan fingerprint density at radius 1 is 1.26 bits per heavy atom. The summed E-state index contributed by atoms with van der Waals surface area (Å²) in [5, 5.41) is 9.52. The van der Waals surface area contributed by atoms with Gasteiger partial charge in [-0.2, -0.15) is 13.2 Å². The fraction of sp³-hybridized carbons (Fsp3) is 0.538. The summed E-state index contributed by atoms with van der Waals surface area (Å²) in [4.78, 5) is 0. The van der Waals surface area contributed by atoms with E-state index in [0.717, 1.165) is 31.4 Å². The quantitative estimate of drug-likeness (QED) is 0.816. The van der Waals surface area contributed by atoms with E-state index in [9.17, 15) is 18.3 Å². The van der Waals surface area contributed by atoms with Crippen molar-refractivity contribution >= 4 is 5.69 Å². The van der Waals surface area contributed by atoms with Crippen molar-refractivity contribution in [2.24, 2.45) is 0 Å². The highest BCUT2D eigenvalue weighted by atomic mass is 19.4. The van der Waals surface area contributed by atoms with E-state index in [1.807, 2.05) is 0 Å². The van der Waals surface area contributed by atoms with Crippen LogP contribution in [0.25, 0.3) is 0 Å². The Morgan fingerprint density at radius 3 is 2.58 bits per heavy atom. The van der Waals surface area contributed by atoms with Gasteiger partial charge in [-0.1, -0.05) is 0 Å². The predicted octanol–water partition coefficient (Wildman–Crippen LogP) is 2.97. The molecule has 0 radical (unpaired) electrons. The molecule has 0 amide bonds. The largest absolute Gasteiger partial charge is 0.488 e. The predicted molar refractivity (Wildman–Crippen MR) is 64.7 cm³/mol. The molecule has 0 spiro atoms. The van der Waals surface area contributed by atoms with E-state index < -0.39 is 17.8 Å². The number of alkyl halides is 3. The van der Waals surface area contributed by atoms with E-state index in [1.165, 1.54) is 6.07 Å². The fourth-order valence-corrected chi connectivity index (χ4v) is 2.24. The number of nitrogens with two attached hydrogens (primary N) is 1. The first-order valence-corrected chi connectivity index (χ1v) is 6.17. The standard InChI is InChI=1S/C13H16F3NO2/c14-13(15,16)8-4-5-12(11(17)6-8)19-10-3-1-2-9(18)7-10/h4-6,9-10,18H,1-3,7,17H2. The first kappa shape index (κ1) is 14.0. The normalized spacial score (nSPS) is 24.2. The van der Waals surface area contributed by atoms with Crippen LogP contribution in [0.5, 0.6) is 5.75 Å². The molecule has 3 nitrogen and oxygen atoms in total. The van der Waals surface area contributed by atoms with E-state index in [4.69, 9.17) is 10.5 Å². The Hall–Kier alpha value is -1.43. The minimum Gasteiger partial charge on any atom is -0.488 e. The lowest BCUT2D eigenvalue weighted by molar-refractivity contribution is -0.137. The third-order valence-electron chi connectivity index (χ3n) is 3.23. The molecule has 1 saturated carbocycles. The molecule has 1 aromatic rings. The summed E-state index contributed by atoms with van der Waals surface area (Å²) in [5.41, 5.74) is 4.76. The van der Waals surface area contributed by atoms with E-state index in [2.05, 4.69) is 0 Å². The van der Waals surface area contributed by atoms with Gasteiger partial charge in [0.1, 0.15) is 11.9 Å². The molecule has 2 unspecified atom stereocenters.